The van der Waals surface area contributed by atoms with Gasteiger partial charge in [-0.1, -0.05) is 41.9 Å². The molecule has 0 unspecified atom stereocenters. The first-order chi connectivity index (χ1) is 15.5. The smallest absolute Gasteiger partial charge is 0.237 e. The van der Waals surface area contributed by atoms with Crippen molar-refractivity contribution in [3.05, 3.63) is 82.6 Å². The lowest BCUT2D eigenvalue weighted by Crippen LogP contribution is -2.47. The van der Waals surface area contributed by atoms with E-state index in [4.69, 9.17) is 11.6 Å². The summed E-state index contributed by atoms with van der Waals surface area (Å²) in [6.45, 7) is 2.88. The molecule has 6 nitrogen and oxygen atoms in total. The lowest BCUT2D eigenvalue weighted by atomic mass is 9.73. The van der Waals surface area contributed by atoms with Crippen molar-refractivity contribution in [2.45, 2.75) is 37.5 Å². The number of carbonyl (C=O) groups is 1. The molecule has 0 saturated carbocycles. The molecule has 7 heteroatoms. The normalized spacial score (nSPS) is 18.8. The Labute approximate surface area is 193 Å². The highest BCUT2D eigenvalue weighted by atomic mass is 35.5. The fourth-order valence-corrected chi connectivity index (χ4v) is 5.28. The van der Waals surface area contributed by atoms with Crippen molar-refractivity contribution in [1.82, 2.24) is 14.7 Å². The molecule has 0 bridgehead atoms. The summed E-state index contributed by atoms with van der Waals surface area (Å²) < 4.78 is 1.80. The first kappa shape index (κ1) is 21.2. The van der Waals surface area contributed by atoms with E-state index >= 15 is 0 Å². The summed E-state index contributed by atoms with van der Waals surface area (Å²) in [6.07, 6.45) is 4.84. The van der Waals surface area contributed by atoms with Crippen LogP contribution in [0, 0.1) is 0 Å². The minimum absolute atomic E-state index is 0.178. The molecule has 1 aromatic heterocycles. The summed E-state index contributed by atoms with van der Waals surface area (Å²) >= 11 is 6.27. The molecule has 0 radical (unpaired) electrons. The number of benzene rings is 2. The van der Waals surface area contributed by atoms with Crippen LogP contribution in [-0.4, -0.2) is 45.8 Å². The highest BCUT2D eigenvalue weighted by Gasteiger charge is 2.50. The van der Waals surface area contributed by atoms with Crippen LogP contribution in [0.3, 0.4) is 0 Å². The van der Waals surface area contributed by atoms with E-state index in [1.165, 1.54) is 0 Å². The second kappa shape index (κ2) is 8.35. The number of aromatic nitrogens is 2. The van der Waals surface area contributed by atoms with E-state index in [-0.39, 0.29) is 5.91 Å². The van der Waals surface area contributed by atoms with Crippen molar-refractivity contribution in [3.8, 4) is 0 Å². The van der Waals surface area contributed by atoms with Gasteiger partial charge in [0, 0.05) is 36.1 Å². The van der Waals surface area contributed by atoms with Gasteiger partial charge >= 0.3 is 0 Å². The predicted molar refractivity (Wildman–Crippen MR) is 125 cm³/mol. The molecule has 1 spiro atoms. The summed E-state index contributed by atoms with van der Waals surface area (Å²) in [5.74, 6) is 0.178. The number of hydrogen-bond donors (Lipinski definition) is 1. The van der Waals surface area contributed by atoms with E-state index in [1.54, 1.807) is 9.58 Å². The van der Waals surface area contributed by atoms with Crippen molar-refractivity contribution in [2.75, 3.05) is 25.0 Å². The maximum absolute atomic E-state index is 13.2. The molecule has 5 rings (SSSR count). The number of aliphatic hydroxyl groups excluding tert-OH is 1. The number of likely N-dealkylation sites (N-methyl/N-ethyl adjacent to an activating group) is 1. The van der Waals surface area contributed by atoms with Gasteiger partial charge in [-0.3, -0.25) is 14.4 Å². The molecular formula is C25H27ClN4O2. The average Bonchev–Trinajstić information content (AvgIpc) is 3.32. The van der Waals surface area contributed by atoms with Gasteiger partial charge in [0.05, 0.1) is 24.3 Å². The highest BCUT2D eigenvalue weighted by Crippen LogP contribution is 2.48. The number of anilines is 1. The van der Waals surface area contributed by atoms with Gasteiger partial charge in [0.2, 0.25) is 5.91 Å². The molecule has 1 saturated heterocycles. The van der Waals surface area contributed by atoms with Crippen LogP contribution >= 0.6 is 11.6 Å². The van der Waals surface area contributed by atoms with E-state index in [2.05, 4.69) is 10.00 Å². The van der Waals surface area contributed by atoms with Crippen LogP contribution in [0.2, 0.25) is 5.02 Å². The quantitative estimate of drug-likeness (QED) is 0.642. The van der Waals surface area contributed by atoms with Gasteiger partial charge in [0.25, 0.3) is 0 Å². The van der Waals surface area contributed by atoms with Gasteiger partial charge in [-0.15, -0.1) is 0 Å². The Bertz CT molecular complexity index is 1120. The summed E-state index contributed by atoms with van der Waals surface area (Å²) in [6, 6.07) is 15.4. The maximum atomic E-state index is 13.2. The van der Waals surface area contributed by atoms with Crippen LogP contribution in [0.25, 0.3) is 0 Å². The molecule has 2 aliphatic rings. The molecule has 166 valence electrons. The molecule has 3 aromatic rings. The second-order valence-electron chi connectivity index (χ2n) is 8.88. The second-order valence-corrected chi connectivity index (χ2v) is 9.32. The third kappa shape index (κ3) is 3.72. The van der Waals surface area contributed by atoms with Crippen molar-refractivity contribution < 1.29 is 9.90 Å². The highest BCUT2D eigenvalue weighted by molar-refractivity contribution is 6.31. The summed E-state index contributed by atoms with van der Waals surface area (Å²) in [7, 11) is 1.86. The lowest BCUT2D eigenvalue weighted by molar-refractivity contribution is -0.124. The van der Waals surface area contributed by atoms with E-state index < -0.39 is 11.5 Å². The number of nitrogens with zero attached hydrogens (tertiary/aromatic N) is 4. The van der Waals surface area contributed by atoms with E-state index in [0.29, 0.717) is 11.6 Å². The number of hydrogen-bond acceptors (Lipinski definition) is 4. The first-order valence-corrected chi connectivity index (χ1v) is 11.4. The van der Waals surface area contributed by atoms with Crippen molar-refractivity contribution >= 4 is 23.2 Å². The number of halogens is 1. The minimum Gasteiger partial charge on any atom is -0.386 e. The minimum atomic E-state index is -0.587. The van der Waals surface area contributed by atoms with Crippen LogP contribution in [-0.2, 0) is 23.3 Å². The van der Waals surface area contributed by atoms with Crippen LogP contribution in [0.4, 0.5) is 5.69 Å². The van der Waals surface area contributed by atoms with Crippen LogP contribution in [0.15, 0.2) is 60.9 Å². The van der Waals surface area contributed by atoms with Crippen LogP contribution in [0.1, 0.15) is 35.6 Å². The molecule has 3 heterocycles. The SMILES string of the molecule is CN1C(=O)C2(CCN(Cc3cnn(C[C@@H](O)c4ccccc4)c3)CC2)c2cc(Cl)ccc21. The Morgan fingerprint density at radius 1 is 1.16 bits per heavy atom. The van der Waals surface area contributed by atoms with Crippen molar-refractivity contribution in [2.24, 2.45) is 0 Å². The third-order valence-electron chi connectivity index (χ3n) is 6.90. The zero-order chi connectivity index (χ0) is 22.3. The van der Waals surface area contributed by atoms with E-state index in [9.17, 15) is 9.90 Å². The maximum Gasteiger partial charge on any atom is 0.237 e. The summed E-state index contributed by atoms with van der Waals surface area (Å²) in [4.78, 5) is 17.3. The van der Waals surface area contributed by atoms with Gasteiger partial charge < -0.3 is 10.0 Å². The zero-order valence-electron chi connectivity index (χ0n) is 18.1. The van der Waals surface area contributed by atoms with Gasteiger partial charge in [-0.05, 0) is 55.3 Å². The molecule has 1 N–H and O–H groups in total. The van der Waals surface area contributed by atoms with Gasteiger partial charge in [-0.2, -0.15) is 5.10 Å². The average molecular weight is 451 g/mol. The topological polar surface area (TPSA) is 61.6 Å². The molecule has 1 amide bonds. The number of carbonyl (C=O) groups excluding carboxylic acids is 1. The van der Waals surface area contributed by atoms with E-state index in [0.717, 1.165) is 54.9 Å². The molecule has 1 atom stereocenters. The fraction of sp³-hybridized carbons (Fsp3) is 0.360. The Hall–Kier alpha value is -2.67. The largest absolute Gasteiger partial charge is 0.386 e. The fourth-order valence-electron chi connectivity index (χ4n) is 5.11. The number of fused-ring (bicyclic) bond motifs is 2. The van der Waals surface area contributed by atoms with Gasteiger partial charge in [0.15, 0.2) is 0 Å². The van der Waals surface area contributed by atoms with Crippen LogP contribution in [0.5, 0.6) is 0 Å². The molecular weight excluding hydrogens is 424 g/mol. The Balaban J connectivity index is 1.23. The molecule has 2 aliphatic heterocycles. The molecule has 1 fully saturated rings. The summed E-state index contributed by atoms with van der Waals surface area (Å²) in [5.41, 5.74) is 3.58. The summed E-state index contributed by atoms with van der Waals surface area (Å²) in [5, 5.41) is 15.6. The Morgan fingerprint density at radius 2 is 1.91 bits per heavy atom. The molecule has 2 aromatic carbocycles. The monoisotopic (exact) mass is 450 g/mol. The van der Waals surface area contributed by atoms with Crippen LogP contribution < -0.4 is 4.90 Å². The number of aliphatic hydroxyl groups is 1. The Morgan fingerprint density at radius 3 is 2.66 bits per heavy atom. The zero-order valence-corrected chi connectivity index (χ0v) is 18.9. The van der Waals surface area contributed by atoms with Gasteiger partial charge in [-0.25, -0.2) is 0 Å². The Kier molecular flexibility index (Phi) is 5.53. The number of likely N-dealkylation sites (tertiary alicyclic amines) is 1. The number of rotatable bonds is 5. The van der Waals surface area contributed by atoms with Crippen molar-refractivity contribution in [1.29, 1.82) is 0 Å². The molecule has 32 heavy (non-hydrogen) atoms. The number of amides is 1. The van der Waals surface area contributed by atoms with Crippen molar-refractivity contribution in [3.63, 3.8) is 0 Å². The standard InChI is InChI=1S/C25H27ClN4O2/c1-28-22-8-7-20(26)13-21(22)25(24(28)32)9-11-29(12-10-25)15-18-14-27-30(16-18)17-23(31)19-5-3-2-4-6-19/h2-8,13-14,16,23,31H,9-12,15,17H2,1H3/t23-/m1/s1. The number of piperidine rings is 1. The third-order valence-corrected chi connectivity index (χ3v) is 7.13. The molecule has 0 aliphatic carbocycles. The first-order valence-electron chi connectivity index (χ1n) is 11.0. The predicted octanol–water partition coefficient (Wildman–Crippen LogP) is 3.78. The van der Waals surface area contributed by atoms with E-state index in [1.807, 2.05) is 68.0 Å². The van der Waals surface area contributed by atoms with Gasteiger partial charge in [0.1, 0.15) is 0 Å². The lowest BCUT2D eigenvalue weighted by Gasteiger charge is -2.38.